The SMILES string of the molecule is CSC(C)(C)CNc1nc(C)cs1. The van der Waals surface area contributed by atoms with Gasteiger partial charge in [0.25, 0.3) is 0 Å². The summed E-state index contributed by atoms with van der Waals surface area (Å²) in [6, 6.07) is 0. The van der Waals surface area contributed by atoms with Crippen LogP contribution in [-0.2, 0) is 0 Å². The number of nitrogens with one attached hydrogen (secondary N) is 1. The van der Waals surface area contributed by atoms with Gasteiger partial charge in [0.05, 0.1) is 5.69 Å². The minimum Gasteiger partial charge on any atom is -0.360 e. The molecule has 0 aromatic carbocycles. The lowest BCUT2D eigenvalue weighted by molar-refractivity contribution is 0.752. The van der Waals surface area contributed by atoms with E-state index < -0.39 is 0 Å². The molecule has 0 saturated carbocycles. The van der Waals surface area contributed by atoms with Gasteiger partial charge in [0.1, 0.15) is 0 Å². The molecule has 4 heteroatoms. The molecule has 13 heavy (non-hydrogen) atoms. The predicted octanol–water partition coefficient (Wildman–Crippen LogP) is 3.01. The van der Waals surface area contributed by atoms with Crippen molar-refractivity contribution in [3.8, 4) is 0 Å². The summed E-state index contributed by atoms with van der Waals surface area (Å²) in [4.78, 5) is 4.35. The number of aromatic nitrogens is 1. The van der Waals surface area contributed by atoms with Crippen LogP contribution in [0.2, 0.25) is 0 Å². The molecule has 0 aliphatic rings. The fourth-order valence-corrected chi connectivity index (χ4v) is 1.70. The first-order chi connectivity index (χ1) is 6.03. The van der Waals surface area contributed by atoms with E-state index in [-0.39, 0.29) is 4.75 Å². The molecule has 0 unspecified atom stereocenters. The minimum absolute atomic E-state index is 0.277. The molecule has 1 aromatic rings. The van der Waals surface area contributed by atoms with Crippen molar-refractivity contribution in [3.63, 3.8) is 0 Å². The van der Waals surface area contributed by atoms with Gasteiger partial charge in [0.15, 0.2) is 5.13 Å². The zero-order chi connectivity index (χ0) is 9.90. The maximum Gasteiger partial charge on any atom is 0.182 e. The first kappa shape index (κ1) is 10.9. The molecule has 0 aliphatic carbocycles. The summed E-state index contributed by atoms with van der Waals surface area (Å²) in [7, 11) is 0. The van der Waals surface area contributed by atoms with E-state index in [0.29, 0.717) is 0 Å². The van der Waals surface area contributed by atoms with Crippen LogP contribution in [0.3, 0.4) is 0 Å². The third-order valence-corrected chi connectivity index (χ3v) is 4.00. The molecule has 0 spiro atoms. The first-order valence-electron chi connectivity index (χ1n) is 4.25. The molecule has 2 nitrogen and oxygen atoms in total. The second-order valence-corrected chi connectivity index (χ2v) is 5.98. The Kier molecular flexibility index (Phi) is 3.62. The molecule has 0 radical (unpaired) electrons. The molecule has 1 rings (SSSR count). The summed E-state index contributed by atoms with van der Waals surface area (Å²) in [5.74, 6) is 0. The summed E-state index contributed by atoms with van der Waals surface area (Å²) < 4.78 is 0.277. The Labute approximate surface area is 88.2 Å². The van der Waals surface area contributed by atoms with Gasteiger partial charge in [0.2, 0.25) is 0 Å². The van der Waals surface area contributed by atoms with Crippen LogP contribution in [0.1, 0.15) is 19.5 Å². The summed E-state index contributed by atoms with van der Waals surface area (Å²) >= 11 is 3.54. The summed E-state index contributed by atoms with van der Waals surface area (Å²) in [6.45, 7) is 7.43. The Morgan fingerprint density at radius 1 is 1.62 bits per heavy atom. The Balaban J connectivity index is 2.43. The van der Waals surface area contributed by atoms with Crippen molar-refractivity contribution in [1.29, 1.82) is 0 Å². The highest BCUT2D eigenvalue weighted by Gasteiger charge is 2.15. The molecule has 1 N–H and O–H groups in total. The number of aryl methyl sites for hydroxylation is 1. The highest BCUT2D eigenvalue weighted by molar-refractivity contribution is 7.99. The van der Waals surface area contributed by atoms with E-state index in [1.54, 1.807) is 11.3 Å². The Hall–Kier alpha value is -0.220. The molecule has 1 aromatic heterocycles. The predicted molar refractivity (Wildman–Crippen MR) is 62.9 cm³/mol. The largest absolute Gasteiger partial charge is 0.360 e. The molecule has 74 valence electrons. The van der Waals surface area contributed by atoms with E-state index in [1.807, 2.05) is 18.7 Å². The fourth-order valence-electron chi connectivity index (χ4n) is 0.796. The number of nitrogens with zero attached hydrogens (tertiary/aromatic N) is 1. The lowest BCUT2D eigenvalue weighted by atomic mass is 10.2. The molecule has 0 bridgehead atoms. The highest BCUT2D eigenvalue weighted by Crippen LogP contribution is 2.22. The number of thiazole rings is 1. The monoisotopic (exact) mass is 216 g/mol. The third kappa shape index (κ3) is 3.56. The average molecular weight is 216 g/mol. The van der Waals surface area contributed by atoms with Crippen molar-refractivity contribution in [2.24, 2.45) is 0 Å². The smallest absolute Gasteiger partial charge is 0.182 e. The average Bonchev–Trinajstić information content (AvgIpc) is 2.48. The highest BCUT2D eigenvalue weighted by atomic mass is 32.2. The van der Waals surface area contributed by atoms with Crippen molar-refractivity contribution < 1.29 is 0 Å². The molecule has 0 saturated heterocycles. The summed E-state index contributed by atoms with van der Waals surface area (Å²) in [5, 5.41) is 6.43. The van der Waals surface area contributed by atoms with Gasteiger partial charge < -0.3 is 5.32 Å². The Morgan fingerprint density at radius 3 is 2.77 bits per heavy atom. The zero-order valence-corrected chi connectivity index (χ0v) is 10.2. The fraction of sp³-hybridized carbons (Fsp3) is 0.667. The van der Waals surface area contributed by atoms with E-state index in [1.165, 1.54) is 0 Å². The Bertz CT molecular complexity index is 268. The normalized spacial score (nSPS) is 11.7. The van der Waals surface area contributed by atoms with E-state index in [0.717, 1.165) is 17.4 Å². The Morgan fingerprint density at radius 2 is 2.31 bits per heavy atom. The van der Waals surface area contributed by atoms with Gasteiger partial charge in [-0.2, -0.15) is 11.8 Å². The molecule has 0 amide bonds. The second kappa shape index (κ2) is 4.33. The summed E-state index contributed by atoms with van der Waals surface area (Å²) in [5.41, 5.74) is 1.09. The zero-order valence-electron chi connectivity index (χ0n) is 8.55. The van der Waals surface area contributed by atoms with E-state index >= 15 is 0 Å². The maximum absolute atomic E-state index is 4.35. The van der Waals surface area contributed by atoms with Crippen LogP contribution in [0, 0.1) is 6.92 Å². The number of thioether (sulfide) groups is 1. The molecule has 0 atom stereocenters. The van der Waals surface area contributed by atoms with Gasteiger partial charge in [-0.25, -0.2) is 4.98 Å². The van der Waals surface area contributed by atoms with Gasteiger partial charge in [-0.05, 0) is 27.0 Å². The van der Waals surface area contributed by atoms with Crippen LogP contribution in [0.5, 0.6) is 0 Å². The van der Waals surface area contributed by atoms with Crippen LogP contribution >= 0.6 is 23.1 Å². The van der Waals surface area contributed by atoms with Crippen LogP contribution in [0.25, 0.3) is 0 Å². The van der Waals surface area contributed by atoms with E-state index in [4.69, 9.17) is 0 Å². The lowest BCUT2D eigenvalue weighted by Crippen LogP contribution is -2.25. The van der Waals surface area contributed by atoms with Crippen molar-refractivity contribution in [2.45, 2.75) is 25.5 Å². The van der Waals surface area contributed by atoms with Crippen LogP contribution in [0.15, 0.2) is 5.38 Å². The van der Waals surface area contributed by atoms with Crippen LogP contribution in [-0.4, -0.2) is 22.5 Å². The number of rotatable bonds is 4. The van der Waals surface area contributed by atoms with Crippen molar-refractivity contribution in [2.75, 3.05) is 18.1 Å². The van der Waals surface area contributed by atoms with Gasteiger partial charge in [-0.15, -0.1) is 11.3 Å². The lowest BCUT2D eigenvalue weighted by Gasteiger charge is -2.21. The van der Waals surface area contributed by atoms with E-state index in [2.05, 4.69) is 35.8 Å². The topological polar surface area (TPSA) is 24.9 Å². The van der Waals surface area contributed by atoms with E-state index in [9.17, 15) is 0 Å². The number of hydrogen-bond donors (Lipinski definition) is 1. The number of hydrogen-bond acceptors (Lipinski definition) is 4. The molecule has 0 fully saturated rings. The standard InChI is InChI=1S/C9H16N2S2/c1-7-5-13-8(11-7)10-6-9(2,3)12-4/h5H,6H2,1-4H3,(H,10,11). The van der Waals surface area contributed by atoms with Crippen LogP contribution in [0.4, 0.5) is 5.13 Å². The molecule has 1 heterocycles. The van der Waals surface area contributed by atoms with Gasteiger partial charge >= 0.3 is 0 Å². The molecular weight excluding hydrogens is 200 g/mol. The molecular formula is C9H16N2S2. The van der Waals surface area contributed by atoms with Gasteiger partial charge in [-0.1, -0.05) is 0 Å². The maximum atomic E-state index is 4.35. The van der Waals surface area contributed by atoms with Crippen molar-refractivity contribution in [1.82, 2.24) is 4.98 Å². The van der Waals surface area contributed by atoms with Gasteiger partial charge in [-0.3, -0.25) is 0 Å². The van der Waals surface area contributed by atoms with Gasteiger partial charge in [0, 0.05) is 16.7 Å². The quantitative estimate of drug-likeness (QED) is 0.837. The summed E-state index contributed by atoms with van der Waals surface area (Å²) in [6.07, 6.45) is 2.13. The van der Waals surface area contributed by atoms with Crippen molar-refractivity contribution in [3.05, 3.63) is 11.1 Å². The minimum atomic E-state index is 0.277. The third-order valence-electron chi connectivity index (χ3n) is 1.84. The van der Waals surface area contributed by atoms with Crippen LogP contribution < -0.4 is 5.32 Å². The number of anilines is 1. The second-order valence-electron chi connectivity index (χ2n) is 3.61. The van der Waals surface area contributed by atoms with Crippen molar-refractivity contribution >= 4 is 28.2 Å². The molecule has 0 aliphatic heterocycles. The first-order valence-corrected chi connectivity index (χ1v) is 6.35.